The van der Waals surface area contributed by atoms with E-state index in [9.17, 15) is 27.5 Å². The van der Waals surface area contributed by atoms with Gasteiger partial charge in [-0.15, -0.1) is 0 Å². The molecule has 0 fully saturated rings. The second kappa shape index (κ2) is 7.03. The average molecular weight is 399 g/mol. The van der Waals surface area contributed by atoms with Gasteiger partial charge in [0.15, 0.2) is 0 Å². The van der Waals surface area contributed by atoms with Crippen LogP contribution in [-0.4, -0.2) is 20.9 Å². The van der Waals surface area contributed by atoms with Crippen LogP contribution in [0.25, 0.3) is 22.4 Å². The van der Waals surface area contributed by atoms with E-state index in [1.807, 2.05) is 0 Å². The Balaban J connectivity index is 2.32. The van der Waals surface area contributed by atoms with Crippen molar-refractivity contribution in [1.29, 1.82) is 0 Å². The number of aryl methyl sites for hydroxylation is 1. The Morgan fingerprint density at radius 2 is 1.70 bits per heavy atom. The lowest BCUT2D eigenvalue weighted by atomic mass is 9.95. The third-order valence-electron chi connectivity index (χ3n) is 3.97. The zero-order valence-corrected chi connectivity index (χ0v) is 14.4. The average Bonchev–Trinajstić information content (AvgIpc) is 2.97. The highest BCUT2D eigenvalue weighted by Gasteiger charge is 2.29. The van der Waals surface area contributed by atoms with Gasteiger partial charge in [0.25, 0.3) is 6.43 Å². The number of aromatic nitrogens is 2. The molecule has 0 radical (unpaired) electrons. The van der Waals surface area contributed by atoms with Gasteiger partial charge in [-0.1, -0.05) is 35.9 Å². The summed E-state index contributed by atoms with van der Waals surface area (Å²) in [5, 5.41) is 12.4. The van der Waals surface area contributed by atoms with Gasteiger partial charge in [-0.25, -0.2) is 22.4 Å². The van der Waals surface area contributed by atoms with E-state index in [4.69, 9.17) is 11.6 Å². The van der Waals surface area contributed by atoms with Gasteiger partial charge >= 0.3 is 5.97 Å². The summed E-state index contributed by atoms with van der Waals surface area (Å²) in [5.41, 5.74) is -1.18. The minimum absolute atomic E-state index is 0.0705. The molecule has 0 aliphatic carbocycles. The number of halogens is 5. The zero-order valence-electron chi connectivity index (χ0n) is 13.7. The zero-order chi connectivity index (χ0) is 19.9. The van der Waals surface area contributed by atoms with E-state index in [1.54, 1.807) is 12.1 Å². The first-order valence-electron chi connectivity index (χ1n) is 7.55. The molecule has 0 bridgehead atoms. The third-order valence-corrected chi connectivity index (χ3v) is 4.33. The molecule has 27 heavy (non-hydrogen) atoms. The first kappa shape index (κ1) is 18.9. The quantitative estimate of drug-likeness (QED) is 0.478. The van der Waals surface area contributed by atoms with E-state index in [2.05, 4.69) is 5.10 Å². The van der Waals surface area contributed by atoms with E-state index in [0.29, 0.717) is 0 Å². The first-order chi connectivity index (χ1) is 12.7. The van der Waals surface area contributed by atoms with E-state index in [-0.39, 0.29) is 22.4 Å². The molecule has 0 saturated carbocycles. The molecule has 0 unspecified atom stereocenters. The second-order valence-electron chi connectivity index (χ2n) is 5.64. The molecule has 140 valence electrons. The van der Waals surface area contributed by atoms with Crippen LogP contribution in [0, 0.1) is 11.6 Å². The molecule has 0 aliphatic heterocycles. The van der Waals surface area contributed by atoms with Crippen LogP contribution in [-0.2, 0) is 7.05 Å². The Hall–Kier alpha value is -2.87. The van der Waals surface area contributed by atoms with Crippen molar-refractivity contribution in [2.75, 3.05) is 0 Å². The second-order valence-corrected chi connectivity index (χ2v) is 6.02. The molecule has 1 N–H and O–H groups in total. The number of benzene rings is 2. The molecule has 0 amide bonds. The van der Waals surface area contributed by atoms with Gasteiger partial charge in [-0.2, -0.15) is 5.10 Å². The molecular formula is C18H11ClF4N2O2. The summed E-state index contributed by atoms with van der Waals surface area (Å²) < 4.78 is 55.2. The summed E-state index contributed by atoms with van der Waals surface area (Å²) in [6, 6.07) is 8.01. The Morgan fingerprint density at radius 1 is 1.15 bits per heavy atom. The van der Waals surface area contributed by atoms with Gasteiger partial charge in [0.2, 0.25) is 0 Å². The lowest BCUT2D eigenvalue weighted by Gasteiger charge is -2.12. The van der Waals surface area contributed by atoms with Crippen molar-refractivity contribution in [3.8, 4) is 22.4 Å². The van der Waals surface area contributed by atoms with Crippen LogP contribution in [0.1, 0.15) is 22.5 Å². The summed E-state index contributed by atoms with van der Waals surface area (Å²) in [6.45, 7) is 0. The number of alkyl halides is 2. The lowest BCUT2D eigenvalue weighted by Crippen LogP contribution is -2.04. The number of nitrogens with zero attached hydrogens (tertiary/aromatic N) is 2. The minimum Gasteiger partial charge on any atom is -0.478 e. The maximum absolute atomic E-state index is 13.9. The first-order valence-corrected chi connectivity index (χ1v) is 7.92. The topological polar surface area (TPSA) is 55.1 Å². The van der Waals surface area contributed by atoms with Crippen molar-refractivity contribution in [3.63, 3.8) is 0 Å². The number of hydrogen-bond donors (Lipinski definition) is 1. The van der Waals surface area contributed by atoms with E-state index >= 15 is 0 Å². The molecule has 3 aromatic rings. The fraction of sp³-hybridized carbons (Fsp3) is 0.111. The van der Waals surface area contributed by atoms with Gasteiger partial charge in [0.05, 0.1) is 5.69 Å². The predicted octanol–water partition coefficient (Wildman–Crippen LogP) is 5.32. The van der Waals surface area contributed by atoms with Crippen molar-refractivity contribution in [2.45, 2.75) is 6.43 Å². The molecule has 4 nitrogen and oxygen atoms in total. The van der Waals surface area contributed by atoms with Crippen molar-refractivity contribution in [2.24, 2.45) is 7.05 Å². The van der Waals surface area contributed by atoms with Crippen molar-refractivity contribution < 1.29 is 27.5 Å². The number of carboxylic acids is 1. The summed E-state index contributed by atoms with van der Waals surface area (Å²) >= 11 is 5.50. The molecule has 1 aromatic heterocycles. The number of carboxylic acid groups (broad SMARTS) is 1. The highest BCUT2D eigenvalue weighted by atomic mass is 35.5. The van der Waals surface area contributed by atoms with Gasteiger partial charge in [-0.05, 0) is 23.3 Å². The van der Waals surface area contributed by atoms with Crippen LogP contribution in [0.5, 0.6) is 0 Å². The molecule has 0 atom stereocenters. The van der Waals surface area contributed by atoms with Crippen molar-refractivity contribution >= 4 is 17.6 Å². The maximum atomic E-state index is 13.9. The molecule has 1 heterocycles. The summed E-state index contributed by atoms with van der Waals surface area (Å²) in [7, 11) is 1.31. The predicted molar refractivity (Wildman–Crippen MR) is 90.9 cm³/mol. The number of aromatic carboxylic acids is 1. The van der Waals surface area contributed by atoms with Crippen LogP contribution in [0.3, 0.4) is 0 Å². The van der Waals surface area contributed by atoms with Gasteiger partial charge in [0.1, 0.15) is 27.9 Å². The molecule has 0 aliphatic rings. The molecule has 9 heteroatoms. The largest absolute Gasteiger partial charge is 0.478 e. The SMILES string of the molecule is Cn1nc(C(F)F)c(C(=O)O)c1-c1ccccc1-c1cc(F)c(Cl)c(F)c1. The maximum Gasteiger partial charge on any atom is 0.340 e. The van der Waals surface area contributed by atoms with E-state index < -0.39 is 40.3 Å². The van der Waals surface area contributed by atoms with Crippen molar-refractivity contribution in [3.05, 3.63) is 64.3 Å². The molecule has 0 spiro atoms. The van der Waals surface area contributed by atoms with Crippen LogP contribution < -0.4 is 0 Å². The Morgan fingerprint density at radius 3 is 2.22 bits per heavy atom. The molecule has 0 saturated heterocycles. The lowest BCUT2D eigenvalue weighted by molar-refractivity contribution is 0.0685. The van der Waals surface area contributed by atoms with Gasteiger partial charge in [-0.3, -0.25) is 4.68 Å². The monoisotopic (exact) mass is 398 g/mol. The summed E-state index contributed by atoms with van der Waals surface area (Å²) in [6.07, 6.45) is -3.10. The minimum atomic E-state index is -3.10. The Labute approximate surface area is 155 Å². The highest BCUT2D eigenvalue weighted by molar-refractivity contribution is 6.31. The third kappa shape index (κ3) is 3.28. The summed E-state index contributed by atoms with van der Waals surface area (Å²) in [4.78, 5) is 11.6. The standard InChI is InChI=1S/C18H11ClF4N2O2/c1-25-16(13(18(26)27)15(24-25)17(22)23)10-5-3-2-4-9(10)8-6-11(20)14(19)12(21)7-8/h2-7,17H,1H3,(H,26,27). The smallest absolute Gasteiger partial charge is 0.340 e. The fourth-order valence-electron chi connectivity index (χ4n) is 2.87. The molecule has 2 aromatic carbocycles. The molecule has 3 rings (SSSR count). The van der Waals surface area contributed by atoms with E-state index in [1.165, 1.54) is 19.2 Å². The van der Waals surface area contributed by atoms with Crippen LogP contribution in [0.4, 0.5) is 17.6 Å². The normalized spacial score (nSPS) is 11.2. The van der Waals surface area contributed by atoms with Crippen LogP contribution in [0.15, 0.2) is 36.4 Å². The van der Waals surface area contributed by atoms with Crippen molar-refractivity contribution in [1.82, 2.24) is 9.78 Å². The van der Waals surface area contributed by atoms with Crippen LogP contribution >= 0.6 is 11.6 Å². The highest BCUT2D eigenvalue weighted by Crippen LogP contribution is 2.38. The Bertz CT molecular complexity index is 1030. The van der Waals surface area contributed by atoms with Gasteiger partial charge in [0, 0.05) is 12.6 Å². The Kier molecular flexibility index (Phi) is 4.93. The van der Waals surface area contributed by atoms with Crippen LogP contribution in [0.2, 0.25) is 5.02 Å². The fourth-order valence-corrected chi connectivity index (χ4v) is 2.98. The van der Waals surface area contributed by atoms with Gasteiger partial charge < -0.3 is 5.11 Å². The number of carbonyl (C=O) groups is 1. The van der Waals surface area contributed by atoms with E-state index in [0.717, 1.165) is 16.8 Å². The summed E-state index contributed by atoms with van der Waals surface area (Å²) in [5.74, 6) is -3.59. The molecular weight excluding hydrogens is 388 g/mol. The number of hydrogen-bond acceptors (Lipinski definition) is 2. The number of rotatable bonds is 4.